The third kappa shape index (κ3) is 5.22. The summed E-state index contributed by atoms with van der Waals surface area (Å²) >= 11 is 0. The van der Waals surface area contributed by atoms with E-state index in [0.29, 0.717) is 12.5 Å². The van der Waals surface area contributed by atoms with Crippen LogP contribution in [0.2, 0.25) is 0 Å². The van der Waals surface area contributed by atoms with Gasteiger partial charge < -0.3 is 15.3 Å². The van der Waals surface area contributed by atoms with Crippen molar-refractivity contribution in [3.8, 4) is 0 Å². The Kier molecular flexibility index (Phi) is 6.37. The Labute approximate surface area is 161 Å². The molecule has 2 fully saturated rings. The lowest BCUT2D eigenvalue weighted by Crippen LogP contribution is -2.57. The first kappa shape index (κ1) is 19.7. The smallest absolute Gasteiger partial charge is 0.318 e. The lowest BCUT2D eigenvalue weighted by Gasteiger charge is -2.43. The molecule has 0 radical (unpaired) electrons. The van der Waals surface area contributed by atoms with Crippen LogP contribution >= 0.6 is 0 Å². The molecular formula is C21H31N3O3. The molecule has 0 heterocycles. The number of benzene rings is 1. The fourth-order valence-corrected chi connectivity index (χ4v) is 3.95. The van der Waals surface area contributed by atoms with Gasteiger partial charge in [0, 0.05) is 24.7 Å². The molecule has 0 aliphatic heterocycles. The number of amides is 2. The van der Waals surface area contributed by atoms with Gasteiger partial charge in [-0.3, -0.25) is 9.69 Å². The molecule has 2 aliphatic rings. The maximum atomic E-state index is 13.0. The maximum Gasteiger partial charge on any atom is 0.318 e. The van der Waals surface area contributed by atoms with Gasteiger partial charge in [-0.2, -0.15) is 0 Å². The van der Waals surface area contributed by atoms with E-state index in [1.807, 2.05) is 34.9 Å². The van der Waals surface area contributed by atoms with E-state index in [4.69, 9.17) is 5.11 Å². The molecule has 1 unspecified atom stereocenters. The molecule has 2 aliphatic carbocycles. The molecule has 0 saturated heterocycles. The molecule has 6 heteroatoms. The van der Waals surface area contributed by atoms with Gasteiger partial charge in [-0.05, 0) is 50.6 Å². The number of carbonyl (C=O) groups is 2. The zero-order chi connectivity index (χ0) is 19.4. The molecule has 3 rings (SSSR count). The van der Waals surface area contributed by atoms with E-state index in [1.54, 1.807) is 0 Å². The Hall–Kier alpha value is -2.08. The number of aliphatic carboxylic acids is 1. The van der Waals surface area contributed by atoms with E-state index in [-0.39, 0.29) is 30.7 Å². The number of carboxylic acids is 1. The number of nitrogens with one attached hydrogen (secondary N) is 1. The molecule has 27 heavy (non-hydrogen) atoms. The van der Waals surface area contributed by atoms with E-state index in [0.717, 1.165) is 24.9 Å². The van der Waals surface area contributed by atoms with Gasteiger partial charge in [0.15, 0.2) is 0 Å². The first-order valence-corrected chi connectivity index (χ1v) is 10.0. The second-order valence-corrected chi connectivity index (χ2v) is 7.92. The number of rotatable bonds is 9. The van der Waals surface area contributed by atoms with Crippen molar-refractivity contribution in [3.63, 3.8) is 0 Å². The minimum absolute atomic E-state index is 0.00276. The maximum absolute atomic E-state index is 13.0. The number of urea groups is 1. The topological polar surface area (TPSA) is 72.9 Å². The van der Waals surface area contributed by atoms with Gasteiger partial charge in [0.25, 0.3) is 0 Å². The van der Waals surface area contributed by atoms with Crippen LogP contribution in [0, 0.1) is 5.92 Å². The van der Waals surface area contributed by atoms with Crippen LogP contribution < -0.4 is 5.32 Å². The second-order valence-electron chi connectivity index (χ2n) is 7.92. The predicted octanol–water partition coefficient (Wildman–Crippen LogP) is 2.93. The van der Waals surface area contributed by atoms with Crippen LogP contribution in [0.25, 0.3) is 0 Å². The van der Waals surface area contributed by atoms with Gasteiger partial charge in [0.2, 0.25) is 0 Å². The minimum Gasteiger partial charge on any atom is -0.480 e. The predicted molar refractivity (Wildman–Crippen MR) is 104 cm³/mol. The molecule has 1 aromatic rings. The van der Waals surface area contributed by atoms with Crippen molar-refractivity contribution in [2.24, 2.45) is 5.92 Å². The number of likely N-dealkylation sites (N-methyl/N-ethyl adjacent to an activating group) is 1. The summed E-state index contributed by atoms with van der Waals surface area (Å²) in [6.45, 7) is 5.54. The number of carbonyl (C=O) groups excluding carboxylic acids is 1. The second kappa shape index (κ2) is 8.74. The molecule has 2 amide bonds. The van der Waals surface area contributed by atoms with Crippen molar-refractivity contribution in [1.29, 1.82) is 0 Å². The van der Waals surface area contributed by atoms with Crippen LogP contribution in [0.5, 0.6) is 0 Å². The molecule has 2 saturated carbocycles. The molecular weight excluding hydrogens is 342 g/mol. The van der Waals surface area contributed by atoms with Crippen molar-refractivity contribution in [2.75, 3.05) is 13.1 Å². The Balaban J connectivity index is 1.55. The summed E-state index contributed by atoms with van der Waals surface area (Å²) in [5.74, 6) is -0.184. The Morgan fingerprint density at radius 1 is 1.22 bits per heavy atom. The molecule has 1 atom stereocenters. The highest BCUT2D eigenvalue weighted by molar-refractivity contribution is 5.75. The normalized spacial score (nSPS) is 22.8. The Morgan fingerprint density at radius 2 is 1.89 bits per heavy atom. The fourth-order valence-electron chi connectivity index (χ4n) is 3.95. The molecule has 1 aromatic carbocycles. The van der Waals surface area contributed by atoms with Gasteiger partial charge in [0.05, 0.1) is 6.54 Å². The quantitative estimate of drug-likeness (QED) is 0.698. The van der Waals surface area contributed by atoms with Crippen LogP contribution in [0.3, 0.4) is 0 Å². The van der Waals surface area contributed by atoms with Gasteiger partial charge in [0.1, 0.15) is 0 Å². The lowest BCUT2D eigenvalue weighted by atomic mass is 9.85. The summed E-state index contributed by atoms with van der Waals surface area (Å²) in [6.07, 6.45) is 4.05. The molecule has 2 N–H and O–H groups in total. The zero-order valence-corrected chi connectivity index (χ0v) is 16.3. The Morgan fingerprint density at radius 3 is 2.44 bits per heavy atom. The summed E-state index contributed by atoms with van der Waals surface area (Å²) in [6, 6.07) is 10.7. The van der Waals surface area contributed by atoms with Gasteiger partial charge >= 0.3 is 12.0 Å². The zero-order valence-electron chi connectivity index (χ0n) is 16.3. The van der Waals surface area contributed by atoms with Crippen molar-refractivity contribution < 1.29 is 14.7 Å². The average Bonchev–Trinajstić information content (AvgIpc) is 3.45. The third-order valence-electron chi connectivity index (χ3n) is 5.95. The molecule has 0 bridgehead atoms. The van der Waals surface area contributed by atoms with E-state index >= 15 is 0 Å². The van der Waals surface area contributed by atoms with Crippen molar-refractivity contribution in [3.05, 3.63) is 35.9 Å². The Bertz CT molecular complexity index is 641. The highest BCUT2D eigenvalue weighted by Crippen LogP contribution is 2.36. The highest BCUT2D eigenvalue weighted by Gasteiger charge is 2.38. The van der Waals surface area contributed by atoms with Crippen LogP contribution in [0.15, 0.2) is 30.3 Å². The van der Waals surface area contributed by atoms with E-state index in [2.05, 4.69) is 24.4 Å². The van der Waals surface area contributed by atoms with Gasteiger partial charge in [-0.25, -0.2) is 4.79 Å². The monoisotopic (exact) mass is 373 g/mol. The first-order chi connectivity index (χ1) is 13.0. The summed E-state index contributed by atoms with van der Waals surface area (Å²) < 4.78 is 0. The van der Waals surface area contributed by atoms with E-state index < -0.39 is 5.97 Å². The van der Waals surface area contributed by atoms with Gasteiger partial charge in [-0.1, -0.05) is 37.3 Å². The van der Waals surface area contributed by atoms with Crippen molar-refractivity contribution in [2.45, 2.75) is 64.2 Å². The van der Waals surface area contributed by atoms with E-state index in [9.17, 15) is 9.59 Å². The fraction of sp³-hybridized carbons (Fsp3) is 0.619. The summed E-state index contributed by atoms with van der Waals surface area (Å²) in [4.78, 5) is 27.9. The highest BCUT2D eigenvalue weighted by atomic mass is 16.4. The molecule has 0 spiro atoms. The van der Waals surface area contributed by atoms with Crippen LogP contribution in [-0.4, -0.2) is 58.1 Å². The summed E-state index contributed by atoms with van der Waals surface area (Å²) in [5.41, 5.74) is 1.14. The van der Waals surface area contributed by atoms with Gasteiger partial charge in [-0.15, -0.1) is 0 Å². The number of carboxylic acid groups (broad SMARTS) is 1. The first-order valence-electron chi connectivity index (χ1n) is 10.0. The number of nitrogens with zero attached hydrogens (tertiary/aromatic N) is 2. The summed E-state index contributed by atoms with van der Waals surface area (Å²) in [7, 11) is 0. The number of hydrogen-bond donors (Lipinski definition) is 2. The third-order valence-corrected chi connectivity index (χ3v) is 5.95. The molecule has 148 valence electrons. The van der Waals surface area contributed by atoms with Crippen LogP contribution in [-0.2, 0) is 11.3 Å². The molecule has 0 aromatic heterocycles. The van der Waals surface area contributed by atoms with E-state index in [1.165, 1.54) is 12.8 Å². The van der Waals surface area contributed by atoms with Crippen LogP contribution in [0.4, 0.5) is 4.79 Å². The lowest BCUT2D eigenvalue weighted by molar-refractivity contribution is -0.139. The standard InChI is InChI=1S/C21H31N3O3/c1-3-23(14-20(25)26)19-11-18(12-19)22-21(27)24(15(2)17-9-10-17)13-16-7-5-4-6-8-16/h4-8,15,17-19H,3,9-14H2,1-2H3,(H,22,27)(H,25,26). The number of hydrogen-bond acceptors (Lipinski definition) is 3. The largest absolute Gasteiger partial charge is 0.480 e. The average molecular weight is 373 g/mol. The van der Waals surface area contributed by atoms with Crippen LogP contribution in [0.1, 0.15) is 45.1 Å². The summed E-state index contributed by atoms with van der Waals surface area (Å²) in [5, 5.41) is 12.2. The minimum atomic E-state index is -0.795. The van der Waals surface area contributed by atoms with Crippen molar-refractivity contribution in [1.82, 2.24) is 15.1 Å². The van der Waals surface area contributed by atoms with Crippen molar-refractivity contribution >= 4 is 12.0 Å². The molecule has 6 nitrogen and oxygen atoms in total. The SMILES string of the molecule is CCN(CC(=O)O)C1CC(NC(=O)N(Cc2ccccc2)C(C)C2CC2)C1.